The molecule has 0 radical (unpaired) electrons. The molecule has 1 heterocycles. The van der Waals surface area contributed by atoms with Gasteiger partial charge in [-0.05, 0) is 36.8 Å². The quantitative estimate of drug-likeness (QED) is 0.426. The van der Waals surface area contributed by atoms with Gasteiger partial charge in [-0.15, -0.1) is 11.3 Å². The molecule has 3 atom stereocenters. The minimum atomic E-state index is -0.789. The fourth-order valence-electron chi connectivity index (χ4n) is 3.71. The standard InChI is InChI=1S/C24H26O4S/c1-16-14-21(26)19(9-4-2-3-5-11-24(27)28)18(16)12-13-20(25)23-15-17-8-6-7-10-22(17)29-23/h2,4,6-8,10,12-13,15,18-20,25H,1,3,5,9,11,14H2,(H,27,28)/b4-2-,13-12+/t18-,19+,20+/m0/s1. The van der Waals surface area contributed by atoms with Crippen molar-refractivity contribution in [2.75, 3.05) is 0 Å². The van der Waals surface area contributed by atoms with E-state index in [-0.39, 0.29) is 24.0 Å². The largest absolute Gasteiger partial charge is 0.481 e. The van der Waals surface area contributed by atoms with E-state index < -0.39 is 12.1 Å². The first kappa shape index (κ1) is 21.2. The summed E-state index contributed by atoms with van der Waals surface area (Å²) in [5, 5.41) is 20.4. The third-order valence-electron chi connectivity index (χ3n) is 5.27. The van der Waals surface area contributed by atoms with Gasteiger partial charge in [0.2, 0.25) is 0 Å². The van der Waals surface area contributed by atoms with Crippen molar-refractivity contribution in [2.24, 2.45) is 11.8 Å². The molecule has 1 aromatic carbocycles. The number of fused-ring (bicyclic) bond motifs is 1. The molecule has 0 amide bonds. The van der Waals surface area contributed by atoms with Crippen LogP contribution < -0.4 is 0 Å². The summed E-state index contributed by atoms with van der Waals surface area (Å²) in [6, 6.07) is 10.0. The molecule has 152 valence electrons. The fourth-order valence-corrected chi connectivity index (χ4v) is 4.74. The number of hydrogen-bond donors (Lipinski definition) is 2. The molecule has 1 aromatic heterocycles. The molecule has 0 bridgehead atoms. The summed E-state index contributed by atoms with van der Waals surface area (Å²) in [6.07, 6.45) is 9.34. The number of carboxylic acid groups (broad SMARTS) is 1. The maximum atomic E-state index is 12.4. The second-order valence-corrected chi connectivity index (χ2v) is 8.56. The zero-order valence-electron chi connectivity index (χ0n) is 16.3. The number of carbonyl (C=O) groups excluding carboxylic acids is 1. The second kappa shape index (κ2) is 9.81. The Morgan fingerprint density at radius 3 is 2.86 bits per heavy atom. The molecule has 1 aliphatic rings. The highest BCUT2D eigenvalue weighted by molar-refractivity contribution is 7.19. The van der Waals surface area contributed by atoms with Gasteiger partial charge in [0.05, 0.1) is 0 Å². The summed E-state index contributed by atoms with van der Waals surface area (Å²) in [7, 11) is 0. The van der Waals surface area contributed by atoms with E-state index in [1.54, 1.807) is 17.4 Å². The number of aliphatic hydroxyl groups is 1. The summed E-state index contributed by atoms with van der Waals surface area (Å²) in [5.41, 5.74) is 0.888. The number of allylic oxidation sites excluding steroid dienone is 4. The molecule has 0 spiro atoms. The van der Waals surface area contributed by atoms with Crippen LogP contribution in [0.15, 0.2) is 66.8 Å². The van der Waals surface area contributed by atoms with Crippen LogP contribution in [0, 0.1) is 11.8 Å². The van der Waals surface area contributed by atoms with E-state index in [4.69, 9.17) is 5.11 Å². The highest BCUT2D eigenvalue weighted by Gasteiger charge is 2.34. The zero-order chi connectivity index (χ0) is 20.8. The average Bonchev–Trinajstić information content (AvgIpc) is 3.23. The van der Waals surface area contributed by atoms with Gasteiger partial charge < -0.3 is 10.2 Å². The maximum absolute atomic E-state index is 12.4. The summed E-state index contributed by atoms with van der Waals surface area (Å²) >= 11 is 1.57. The Balaban J connectivity index is 1.62. The minimum absolute atomic E-state index is 0.0739. The number of aliphatic hydroxyl groups excluding tert-OH is 1. The molecule has 1 saturated carbocycles. The van der Waals surface area contributed by atoms with E-state index in [1.807, 2.05) is 48.6 Å². The van der Waals surface area contributed by atoms with E-state index in [0.717, 1.165) is 20.5 Å². The van der Waals surface area contributed by atoms with E-state index in [0.29, 0.717) is 25.7 Å². The molecule has 3 rings (SSSR count). The van der Waals surface area contributed by atoms with Crippen LogP contribution in [-0.4, -0.2) is 22.0 Å². The van der Waals surface area contributed by atoms with E-state index in [9.17, 15) is 14.7 Å². The predicted octanol–water partition coefficient (Wildman–Crippen LogP) is 5.45. The van der Waals surface area contributed by atoms with E-state index in [1.165, 1.54) is 0 Å². The molecule has 2 aromatic rings. The number of thiophene rings is 1. The van der Waals surface area contributed by atoms with Crippen molar-refractivity contribution in [1.82, 2.24) is 0 Å². The van der Waals surface area contributed by atoms with Gasteiger partial charge in [-0.3, -0.25) is 9.59 Å². The van der Waals surface area contributed by atoms with Gasteiger partial charge in [-0.1, -0.05) is 54.7 Å². The number of rotatable bonds is 9. The first-order chi connectivity index (χ1) is 14.0. The lowest BCUT2D eigenvalue weighted by Gasteiger charge is -2.14. The first-order valence-electron chi connectivity index (χ1n) is 9.87. The lowest BCUT2D eigenvalue weighted by molar-refractivity contribution is -0.137. The second-order valence-electron chi connectivity index (χ2n) is 7.44. The van der Waals surface area contributed by atoms with Crippen molar-refractivity contribution in [3.05, 3.63) is 71.7 Å². The van der Waals surface area contributed by atoms with Gasteiger partial charge in [-0.2, -0.15) is 0 Å². The number of unbranched alkanes of at least 4 members (excludes halogenated alkanes) is 1. The number of carboxylic acids is 1. The number of ketones is 1. The number of Topliss-reactive ketones (excluding diaryl/α,β-unsaturated/α-hetero) is 1. The number of benzene rings is 1. The molecule has 2 N–H and O–H groups in total. The molecule has 0 saturated heterocycles. The summed E-state index contributed by atoms with van der Waals surface area (Å²) in [4.78, 5) is 23.8. The Morgan fingerprint density at radius 1 is 1.31 bits per heavy atom. The normalized spacial score (nSPS) is 21.0. The van der Waals surface area contributed by atoms with Crippen LogP contribution in [0.3, 0.4) is 0 Å². The van der Waals surface area contributed by atoms with Crippen LogP contribution in [0.5, 0.6) is 0 Å². The SMILES string of the molecule is C=C1CC(=O)[C@H](C/C=C\CCCC(=O)O)[C@H]1/C=C/[C@@H](O)c1cc2ccccc2s1. The third kappa shape index (κ3) is 5.52. The summed E-state index contributed by atoms with van der Waals surface area (Å²) < 4.78 is 1.14. The summed E-state index contributed by atoms with van der Waals surface area (Å²) in [5.74, 6) is -0.849. The third-order valence-corrected chi connectivity index (χ3v) is 6.46. The Labute approximate surface area is 174 Å². The summed E-state index contributed by atoms with van der Waals surface area (Å²) in [6.45, 7) is 4.06. The molecular formula is C24H26O4S. The Morgan fingerprint density at radius 2 is 2.10 bits per heavy atom. The molecule has 0 unspecified atom stereocenters. The maximum Gasteiger partial charge on any atom is 0.303 e. The van der Waals surface area contributed by atoms with Crippen molar-refractivity contribution < 1.29 is 19.8 Å². The molecule has 4 nitrogen and oxygen atoms in total. The van der Waals surface area contributed by atoms with Gasteiger partial charge in [-0.25, -0.2) is 0 Å². The molecule has 5 heteroatoms. The predicted molar refractivity (Wildman–Crippen MR) is 117 cm³/mol. The van der Waals surface area contributed by atoms with Crippen LogP contribution in [0.1, 0.15) is 43.1 Å². The van der Waals surface area contributed by atoms with Crippen molar-refractivity contribution in [3.8, 4) is 0 Å². The van der Waals surface area contributed by atoms with Crippen LogP contribution >= 0.6 is 11.3 Å². The number of carbonyl (C=O) groups is 2. The van der Waals surface area contributed by atoms with Crippen molar-refractivity contribution in [3.63, 3.8) is 0 Å². The molecular weight excluding hydrogens is 384 g/mol. The van der Waals surface area contributed by atoms with Crippen LogP contribution in [0.25, 0.3) is 10.1 Å². The van der Waals surface area contributed by atoms with Gasteiger partial charge in [0.1, 0.15) is 11.9 Å². The highest BCUT2D eigenvalue weighted by atomic mass is 32.1. The monoisotopic (exact) mass is 410 g/mol. The van der Waals surface area contributed by atoms with Gasteiger partial charge in [0, 0.05) is 34.3 Å². The lowest BCUT2D eigenvalue weighted by Crippen LogP contribution is -2.13. The lowest BCUT2D eigenvalue weighted by atomic mass is 9.89. The smallest absolute Gasteiger partial charge is 0.303 e. The van der Waals surface area contributed by atoms with Crippen LogP contribution in [0.2, 0.25) is 0 Å². The van der Waals surface area contributed by atoms with Crippen molar-refractivity contribution in [2.45, 2.75) is 38.2 Å². The van der Waals surface area contributed by atoms with E-state index >= 15 is 0 Å². The molecule has 0 aliphatic heterocycles. The van der Waals surface area contributed by atoms with Crippen molar-refractivity contribution >= 4 is 33.2 Å². The Bertz CT molecular complexity index is 920. The van der Waals surface area contributed by atoms with E-state index in [2.05, 4.69) is 6.58 Å². The topological polar surface area (TPSA) is 74.6 Å². The van der Waals surface area contributed by atoms with Gasteiger partial charge >= 0.3 is 5.97 Å². The number of hydrogen-bond acceptors (Lipinski definition) is 4. The zero-order valence-corrected chi connectivity index (χ0v) is 17.1. The highest BCUT2D eigenvalue weighted by Crippen LogP contribution is 2.37. The van der Waals surface area contributed by atoms with Crippen LogP contribution in [-0.2, 0) is 9.59 Å². The van der Waals surface area contributed by atoms with Gasteiger partial charge in [0.25, 0.3) is 0 Å². The minimum Gasteiger partial charge on any atom is -0.481 e. The average molecular weight is 411 g/mol. The molecule has 1 aliphatic carbocycles. The Hall–Kier alpha value is -2.50. The fraction of sp³-hybridized carbons (Fsp3) is 0.333. The van der Waals surface area contributed by atoms with Crippen molar-refractivity contribution in [1.29, 1.82) is 0 Å². The molecule has 29 heavy (non-hydrogen) atoms. The van der Waals surface area contributed by atoms with Crippen LogP contribution in [0.4, 0.5) is 0 Å². The first-order valence-corrected chi connectivity index (χ1v) is 10.7. The van der Waals surface area contributed by atoms with Gasteiger partial charge in [0.15, 0.2) is 0 Å². The Kier molecular flexibility index (Phi) is 7.18. The number of aliphatic carboxylic acids is 1. The molecule has 1 fully saturated rings.